The number of aromatic nitrogens is 5. The average molecular weight is 376 g/mol. The van der Waals surface area contributed by atoms with Crippen molar-refractivity contribution in [2.24, 2.45) is 0 Å². The van der Waals surface area contributed by atoms with Crippen LogP contribution in [0.1, 0.15) is 42.0 Å². The zero-order valence-electron chi connectivity index (χ0n) is 16.4. The molecule has 1 atom stereocenters. The molecule has 7 heteroatoms. The van der Waals surface area contributed by atoms with E-state index in [0.29, 0.717) is 5.92 Å². The lowest BCUT2D eigenvalue weighted by molar-refractivity contribution is 0.351. The summed E-state index contributed by atoms with van der Waals surface area (Å²) in [7, 11) is 0. The Labute approximate surface area is 164 Å². The number of rotatable bonds is 6. The van der Waals surface area contributed by atoms with Crippen molar-refractivity contribution in [1.82, 2.24) is 24.9 Å². The van der Waals surface area contributed by atoms with Gasteiger partial charge in [-0.25, -0.2) is 19.9 Å². The Bertz CT molecular complexity index is 973. The highest BCUT2D eigenvalue weighted by Crippen LogP contribution is 2.35. The van der Waals surface area contributed by atoms with Crippen molar-refractivity contribution in [3.05, 3.63) is 53.6 Å². The zero-order valence-corrected chi connectivity index (χ0v) is 16.4. The van der Waals surface area contributed by atoms with Gasteiger partial charge in [-0.1, -0.05) is 6.92 Å². The van der Waals surface area contributed by atoms with Gasteiger partial charge in [0.1, 0.15) is 23.7 Å². The molecule has 3 aromatic rings. The van der Waals surface area contributed by atoms with E-state index >= 15 is 0 Å². The number of nitrogens with one attached hydrogen (secondary N) is 1. The molecule has 0 aromatic carbocycles. The first kappa shape index (κ1) is 18.3. The molecule has 144 valence electrons. The predicted molar refractivity (Wildman–Crippen MR) is 107 cm³/mol. The minimum atomic E-state index is 0.368. The van der Waals surface area contributed by atoms with E-state index < -0.39 is 0 Å². The molecule has 0 aliphatic carbocycles. The molecule has 0 radical (unpaired) electrons. The lowest BCUT2D eigenvalue weighted by Gasteiger charge is -2.16. The molecule has 4 heterocycles. The summed E-state index contributed by atoms with van der Waals surface area (Å²) in [4.78, 5) is 21.7. The van der Waals surface area contributed by atoms with E-state index in [1.807, 2.05) is 19.9 Å². The van der Waals surface area contributed by atoms with Gasteiger partial charge in [-0.2, -0.15) is 0 Å². The summed E-state index contributed by atoms with van der Waals surface area (Å²) in [5.41, 5.74) is 5.09. The van der Waals surface area contributed by atoms with Gasteiger partial charge in [0.2, 0.25) is 0 Å². The highest BCUT2D eigenvalue weighted by atomic mass is 16.5. The van der Waals surface area contributed by atoms with Gasteiger partial charge in [-0.3, -0.25) is 4.98 Å². The molecule has 1 N–H and O–H groups in total. The highest BCUT2D eigenvalue weighted by Gasteiger charge is 2.21. The average Bonchev–Trinajstić information content (AvgIpc) is 3.16. The van der Waals surface area contributed by atoms with Crippen LogP contribution in [0.2, 0.25) is 0 Å². The van der Waals surface area contributed by atoms with Crippen molar-refractivity contribution >= 4 is 5.82 Å². The second-order valence-electron chi connectivity index (χ2n) is 7.15. The number of hydrogen-bond donors (Lipinski definition) is 1. The molecule has 0 saturated carbocycles. The molecule has 0 saturated heterocycles. The van der Waals surface area contributed by atoms with E-state index in [0.717, 1.165) is 66.0 Å². The first-order valence-electron chi connectivity index (χ1n) is 9.58. The van der Waals surface area contributed by atoms with Crippen molar-refractivity contribution in [1.29, 1.82) is 0 Å². The Hall–Kier alpha value is -3.09. The number of anilines is 1. The third kappa shape index (κ3) is 3.93. The summed E-state index contributed by atoms with van der Waals surface area (Å²) in [6, 6.07) is 4.07. The minimum absolute atomic E-state index is 0.368. The van der Waals surface area contributed by atoms with Gasteiger partial charge in [0.25, 0.3) is 0 Å². The van der Waals surface area contributed by atoms with Crippen LogP contribution in [0.25, 0.3) is 11.3 Å². The summed E-state index contributed by atoms with van der Waals surface area (Å²) in [5, 5.41) is 3.40. The smallest absolute Gasteiger partial charge is 0.144 e. The predicted octanol–water partition coefficient (Wildman–Crippen LogP) is 3.49. The largest absolute Gasteiger partial charge is 0.491 e. The number of nitrogens with zero attached hydrogens (tertiary/aromatic N) is 5. The maximum atomic E-state index is 5.83. The van der Waals surface area contributed by atoms with Crippen molar-refractivity contribution < 1.29 is 4.74 Å². The van der Waals surface area contributed by atoms with Crippen molar-refractivity contribution in [2.75, 3.05) is 18.5 Å². The zero-order chi connectivity index (χ0) is 19.5. The van der Waals surface area contributed by atoms with Crippen LogP contribution in [0, 0.1) is 13.8 Å². The van der Waals surface area contributed by atoms with Crippen LogP contribution >= 0.6 is 0 Å². The van der Waals surface area contributed by atoms with E-state index in [2.05, 4.69) is 43.2 Å². The van der Waals surface area contributed by atoms with Crippen molar-refractivity contribution in [2.45, 2.75) is 39.5 Å². The Morgan fingerprint density at radius 2 is 1.93 bits per heavy atom. The van der Waals surface area contributed by atoms with Crippen LogP contribution in [0.4, 0.5) is 5.82 Å². The standard InChI is InChI=1S/C21H24N6O/c1-13(17-8-14(2)27-18-5-7-28-21(17)18)4-6-22-20-9-19(25-12-26-20)16-10-23-15(3)24-11-16/h8-13H,4-7H2,1-3H3,(H,22,25,26). The van der Waals surface area contributed by atoms with Crippen LogP contribution in [0.5, 0.6) is 5.75 Å². The molecule has 0 bridgehead atoms. The summed E-state index contributed by atoms with van der Waals surface area (Å²) in [5.74, 6) is 2.90. The Kier molecular flexibility index (Phi) is 5.14. The van der Waals surface area contributed by atoms with Gasteiger partial charge >= 0.3 is 0 Å². The topological polar surface area (TPSA) is 85.7 Å². The molecule has 1 aliphatic heterocycles. The number of hydrogen-bond acceptors (Lipinski definition) is 7. The fourth-order valence-electron chi connectivity index (χ4n) is 3.41. The Morgan fingerprint density at radius 3 is 2.75 bits per heavy atom. The van der Waals surface area contributed by atoms with Crippen LogP contribution in [0.3, 0.4) is 0 Å². The quantitative estimate of drug-likeness (QED) is 0.705. The summed E-state index contributed by atoms with van der Waals surface area (Å²) < 4.78 is 5.83. The second-order valence-corrected chi connectivity index (χ2v) is 7.15. The number of fused-ring (bicyclic) bond motifs is 1. The van der Waals surface area contributed by atoms with E-state index in [4.69, 9.17) is 4.74 Å². The van der Waals surface area contributed by atoms with Crippen LogP contribution in [-0.4, -0.2) is 38.1 Å². The molecule has 0 fully saturated rings. The van der Waals surface area contributed by atoms with Gasteiger partial charge in [0, 0.05) is 48.2 Å². The molecular weight excluding hydrogens is 352 g/mol. The van der Waals surface area contributed by atoms with Gasteiger partial charge in [-0.05, 0) is 32.3 Å². The molecule has 0 spiro atoms. The third-order valence-electron chi connectivity index (χ3n) is 4.94. The maximum Gasteiger partial charge on any atom is 0.144 e. The molecule has 4 rings (SSSR count). The molecule has 3 aromatic heterocycles. The van der Waals surface area contributed by atoms with Gasteiger partial charge in [0.15, 0.2) is 0 Å². The minimum Gasteiger partial charge on any atom is -0.491 e. The normalized spacial score (nSPS) is 13.7. The second kappa shape index (κ2) is 7.88. The first-order valence-corrected chi connectivity index (χ1v) is 9.58. The number of aryl methyl sites for hydroxylation is 2. The SMILES string of the molecule is Cc1cc(C(C)CCNc2cc(-c3cnc(C)nc3)ncn2)c2c(n1)CCO2. The first-order chi connectivity index (χ1) is 13.6. The fraction of sp³-hybridized carbons (Fsp3) is 0.381. The van der Waals surface area contributed by atoms with E-state index in [9.17, 15) is 0 Å². The van der Waals surface area contributed by atoms with E-state index in [1.165, 1.54) is 5.56 Å². The number of pyridine rings is 1. The summed E-state index contributed by atoms with van der Waals surface area (Å²) in [6.45, 7) is 7.68. The molecule has 1 unspecified atom stereocenters. The van der Waals surface area contributed by atoms with Crippen LogP contribution < -0.4 is 10.1 Å². The monoisotopic (exact) mass is 376 g/mol. The molecule has 1 aliphatic rings. The van der Waals surface area contributed by atoms with Crippen LogP contribution in [-0.2, 0) is 6.42 Å². The Balaban J connectivity index is 1.41. The molecular formula is C21H24N6O. The lowest BCUT2D eigenvalue weighted by Crippen LogP contribution is -2.09. The molecule has 28 heavy (non-hydrogen) atoms. The lowest BCUT2D eigenvalue weighted by atomic mass is 9.96. The molecule has 0 amide bonds. The third-order valence-corrected chi connectivity index (χ3v) is 4.94. The Morgan fingerprint density at radius 1 is 1.11 bits per heavy atom. The summed E-state index contributed by atoms with van der Waals surface area (Å²) >= 11 is 0. The van der Waals surface area contributed by atoms with E-state index in [1.54, 1.807) is 18.7 Å². The van der Waals surface area contributed by atoms with E-state index in [-0.39, 0.29) is 0 Å². The fourth-order valence-corrected chi connectivity index (χ4v) is 3.41. The summed E-state index contributed by atoms with van der Waals surface area (Å²) in [6.07, 6.45) is 6.99. The van der Waals surface area contributed by atoms with Crippen molar-refractivity contribution in [3.63, 3.8) is 0 Å². The number of ether oxygens (including phenoxy) is 1. The van der Waals surface area contributed by atoms with Gasteiger partial charge in [0.05, 0.1) is 18.0 Å². The van der Waals surface area contributed by atoms with Crippen molar-refractivity contribution in [3.8, 4) is 17.0 Å². The highest BCUT2D eigenvalue weighted by molar-refractivity contribution is 5.60. The van der Waals surface area contributed by atoms with Crippen LogP contribution in [0.15, 0.2) is 30.9 Å². The van der Waals surface area contributed by atoms with Gasteiger partial charge < -0.3 is 10.1 Å². The van der Waals surface area contributed by atoms with Gasteiger partial charge in [-0.15, -0.1) is 0 Å². The molecule has 7 nitrogen and oxygen atoms in total. The maximum absolute atomic E-state index is 5.83.